The Morgan fingerprint density at radius 2 is 1.58 bits per heavy atom. The van der Waals surface area contributed by atoms with Gasteiger partial charge in [0.25, 0.3) is 17.4 Å². The van der Waals surface area contributed by atoms with E-state index in [0.29, 0.717) is 64.5 Å². The van der Waals surface area contributed by atoms with Crippen LogP contribution < -0.4 is 26.0 Å². The molecule has 0 saturated carbocycles. The molecule has 11 rings (SSSR count). The maximum absolute atomic E-state index is 13.5. The number of allylic oxidation sites excluding steroid dienone is 1. The highest BCUT2D eigenvalue weighted by molar-refractivity contribution is 6.23. The maximum Gasteiger partial charge on any atom is 0.278 e. The first kappa shape index (κ1) is 41.0. The summed E-state index contributed by atoms with van der Waals surface area (Å²) < 4.78 is 3.24. The molecule has 1 aliphatic carbocycles. The molecule has 5 aromatic rings. The highest BCUT2D eigenvalue weighted by Crippen LogP contribution is 2.39. The van der Waals surface area contributed by atoms with E-state index in [2.05, 4.69) is 53.9 Å². The van der Waals surface area contributed by atoms with E-state index in [-0.39, 0.29) is 24.9 Å². The third-order valence-corrected chi connectivity index (χ3v) is 14.4. The van der Waals surface area contributed by atoms with Crippen molar-refractivity contribution in [2.24, 2.45) is 0 Å². The van der Waals surface area contributed by atoms with Crippen molar-refractivity contribution in [3.63, 3.8) is 0 Å². The number of pyridine rings is 1. The number of imide groups is 2. The Kier molecular flexibility index (Phi) is 9.92. The average Bonchev–Trinajstić information content (AvgIpc) is 3.86. The first-order valence-corrected chi connectivity index (χ1v) is 22.5. The Bertz CT molecular complexity index is 2860. The number of carbonyl (C=O) groups is 4. The summed E-state index contributed by atoms with van der Waals surface area (Å²) in [4.78, 5) is 89.0. The fraction of sp³-hybridized carbons (Fsp3) is 0.404. The highest BCUT2D eigenvalue weighted by atomic mass is 16.3. The molecule has 0 bridgehead atoms. The van der Waals surface area contributed by atoms with Gasteiger partial charge in [-0.1, -0.05) is 19.1 Å². The van der Waals surface area contributed by atoms with Gasteiger partial charge >= 0.3 is 0 Å². The number of amides is 4. The lowest BCUT2D eigenvalue weighted by Gasteiger charge is -2.55. The average molecular weight is 879 g/mol. The predicted octanol–water partition coefficient (Wildman–Crippen LogP) is 2.55. The summed E-state index contributed by atoms with van der Waals surface area (Å²) in [5.41, 5.74) is 4.27. The van der Waals surface area contributed by atoms with Crippen LogP contribution in [0.4, 0.5) is 23.0 Å². The number of carbonyl (C=O) groups excluding carboxylic acids is 4. The Labute approximate surface area is 374 Å². The lowest BCUT2D eigenvalue weighted by Crippen LogP contribution is -2.71. The number of nitrogens with one attached hydrogen (secondary N) is 2. The number of benzene rings is 2. The van der Waals surface area contributed by atoms with E-state index in [4.69, 9.17) is 9.97 Å². The number of nitrogens with zero attached hydrogens (tertiary/aromatic N) is 10. The van der Waals surface area contributed by atoms with Crippen LogP contribution in [0, 0.1) is 0 Å². The lowest BCUT2D eigenvalue weighted by atomic mass is 9.97. The van der Waals surface area contributed by atoms with E-state index in [1.54, 1.807) is 33.8 Å². The summed E-state index contributed by atoms with van der Waals surface area (Å²) in [6, 6.07) is 17.4. The van der Waals surface area contributed by atoms with Crippen LogP contribution >= 0.6 is 0 Å². The lowest BCUT2D eigenvalue weighted by molar-refractivity contribution is -0.136. The molecule has 8 heterocycles. The number of hydrogen-bond donors (Lipinski definition) is 3. The summed E-state index contributed by atoms with van der Waals surface area (Å²) in [5, 5.41) is 17.2. The normalized spacial score (nSPS) is 22.9. The molecule has 334 valence electrons. The topological polar surface area (TPSA) is 194 Å². The zero-order valence-corrected chi connectivity index (χ0v) is 36.2. The molecule has 65 heavy (non-hydrogen) atoms. The zero-order chi connectivity index (χ0) is 44.7. The molecule has 6 aliphatic rings. The summed E-state index contributed by atoms with van der Waals surface area (Å²) in [7, 11) is 0. The minimum atomic E-state index is -1.00. The van der Waals surface area contributed by atoms with Gasteiger partial charge in [0.1, 0.15) is 17.0 Å². The number of anilines is 4. The molecule has 18 heteroatoms. The second-order valence-electron chi connectivity index (χ2n) is 18.0. The van der Waals surface area contributed by atoms with Crippen molar-refractivity contribution in [1.82, 2.24) is 44.3 Å². The second kappa shape index (κ2) is 15.7. The van der Waals surface area contributed by atoms with Crippen molar-refractivity contribution in [3.8, 4) is 5.82 Å². The van der Waals surface area contributed by atoms with E-state index < -0.39 is 35.3 Å². The Balaban J connectivity index is 0.678. The number of hydrogen-bond acceptors (Lipinski definition) is 14. The molecule has 3 N–H and O–H groups in total. The SMILES string of the molecule is C=CCn1c(=O)c2cnc(Nc3ccc(N4CCN(C5CN(C6CN(c7ccc8c(c7)C(=O)N(C7CCC(=O)NC7=O)C8=O)C6)C5)CC4)cc3)nc2n1-c1ccc2c(n1)[C@@](O)(CC)CC2. The van der Waals surface area contributed by atoms with Gasteiger partial charge in [-0.05, 0) is 79.8 Å². The van der Waals surface area contributed by atoms with Gasteiger partial charge in [0.05, 0.1) is 23.4 Å². The number of aromatic nitrogens is 5. The number of likely N-dealkylation sites (tertiary alicyclic amines) is 1. The third-order valence-electron chi connectivity index (χ3n) is 14.4. The Morgan fingerprint density at radius 1 is 0.846 bits per heavy atom. The van der Waals surface area contributed by atoms with E-state index in [0.717, 1.165) is 86.3 Å². The van der Waals surface area contributed by atoms with Crippen molar-refractivity contribution >= 4 is 57.7 Å². The Morgan fingerprint density at radius 3 is 2.32 bits per heavy atom. The minimum absolute atomic E-state index is 0.0907. The van der Waals surface area contributed by atoms with E-state index >= 15 is 0 Å². The molecule has 4 fully saturated rings. The molecular weight excluding hydrogens is 829 g/mol. The van der Waals surface area contributed by atoms with Crippen LogP contribution in [0.1, 0.15) is 64.6 Å². The van der Waals surface area contributed by atoms with Crippen LogP contribution in [0.5, 0.6) is 0 Å². The molecule has 0 spiro atoms. The van der Waals surface area contributed by atoms with E-state index in [1.807, 2.05) is 37.3 Å². The zero-order valence-electron chi connectivity index (χ0n) is 36.2. The smallest absolute Gasteiger partial charge is 0.278 e. The van der Waals surface area contributed by atoms with Crippen LogP contribution in [0.25, 0.3) is 16.9 Å². The van der Waals surface area contributed by atoms with Gasteiger partial charge in [-0.15, -0.1) is 6.58 Å². The molecule has 2 aromatic carbocycles. The largest absolute Gasteiger partial charge is 0.384 e. The van der Waals surface area contributed by atoms with Crippen LogP contribution in [0.3, 0.4) is 0 Å². The third kappa shape index (κ3) is 6.89. The summed E-state index contributed by atoms with van der Waals surface area (Å²) in [6.07, 6.45) is 5.34. The van der Waals surface area contributed by atoms with Gasteiger partial charge in [0, 0.05) is 94.1 Å². The number of fused-ring (bicyclic) bond motifs is 3. The standard InChI is InChI=1S/C47H50N12O6/c1-3-17-57-43(62)36-23-48-46(52-41(36)59(57)38-13-5-28-15-16-47(65,4-2)40(28)50-38)49-29-6-8-30(9-7-29)53-18-20-54(21-19-53)32-24-56(25-32)33-26-55(27-33)31-10-11-34-35(22-31)45(64)58(44(34)63)37-12-14-39(60)51-42(37)61/h3,5-11,13,22-23,32-33,37,65H,1,4,12,14-21,24-27H2,2H3,(H,48,49,52)(H,51,60,61)/t37?,47-/m1/s1. The van der Waals surface area contributed by atoms with Crippen LogP contribution in [0.15, 0.2) is 78.2 Å². The molecule has 2 atom stereocenters. The van der Waals surface area contributed by atoms with Crippen LogP contribution in [0.2, 0.25) is 0 Å². The minimum Gasteiger partial charge on any atom is -0.384 e. The van der Waals surface area contributed by atoms with E-state index in [9.17, 15) is 29.1 Å². The maximum atomic E-state index is 13.5. The molecule has 1 unspecified atom stereocenters. The number of piperazine rings is 1. The van der Waals surface area contributed by atoms with Gasteiger partial charge in [-0.2, -0.15) is 4.98 Å². The quantitative estimate of drug-likeness (QED) is 0.130. The number of piperidine rings is 1. The van der Waals surface area contributed by atoms with Gasteiger partial charge in [-0.25, -0.2) is 19.3 Å². The van der Waals surface area contributed by atoms with Crippen LogP contribution in [-0.4, -0.2) is 138 Å². The monoisotopic (exact) mass is 878 g/mol. The molecule has 5 aliphatic heterocycles. The van der Waals surface area contributed by atoms with E-state index in [1.165, 1.54) is 0 Å². The molecule has 0 radical (unpaired) electrons. The second-order valence-corrected chi connectivity index (χ2v) is 18.0. The number of aryl methyl sites for hydroxylation is 1. The molecule has 3 aromatic heterocycles. The van der Waals surface area contributed by atoms with Gasteiger partial charge < -0.3 is 20.2 Å². The number of aliphatic hydroxyl groups is 1. The van der Waals surface area contributed by atoms with Crippen molar-refractivity contribution in [2.75, 3.05) is 67.5 Å². The fourth-order valence-electron chi connectivity index (χ4n) is 10.4. The molecule has 18 nitrogen and oxygen atoms in total. The molecule has 4 saturated heterocycles. The Hall–Kier alpha value is -6.76. The van der Waals surface area contributed by atoms with Gasteiger partial charge in [0.15, 0.2) is 11.5 Å². The summed E-state index contributed by atoms with van der Waals surface area (Å²) in [5.74, 6) is -1.13. The van der Waals surface area contributed by atoms with Crippen molar-refractivity contribution in [1.29, 1.82) is 0 Å². The summed E-state index contributed by atoms with van der Waals surface area (Å²) in [6.45, 7) is 13.6. The molecular formula is C47H50N12O6. The van der Waals surface area contributed by atoms with Gasteiger partial charge in [0.2, 0.25) is 17.8 Å². The molecule has 4 amide bonds. The van der Waals surface area contributed by atoms with Crippen molar-refractivity contribution in [2.45, 2.75) is 69.3 Å². The number of rotatable bonds is 11. The van der Waals surface area contributed by atoms with Gasteiger partial charge in [-0.3, -0.25) is 44.0 Å². The fourth-order valence-corrected chi connectivity index (χ4v) is 10.4. The highest BCUT2D eigenvalue weighted by Gasteiger charge is 2.46. The first-order valence-electron chi connectivity index (χ1n) is 22.5. The predicted molar refractivity (Wildman–Crippen MR) is 242 cm³/mol. The first-order chi connectivity index (χ1) is 31.5. The van der Waals surface area contributed by atoms with Crippen molar-refractivity contribution in [3.05, 3.63) is 106 Å². The van der Waals surface area contributed by atoms with Crippen molar-refractivity contribution < 1.29 is 24.3 Å². The summed E-state index contributed by atoms with van der Waals surface area (Å²) >= 11 is 0. The van der Waals surface area contributed by atoms with Crippen LogP contribution in [-0.2, 0) is 28.2 Å².